The fourth-order valence-electron chi connectivity index (χ4n) is 2.15. The largest absolute Gasteiger partial charge is 0.398 e. The zero-order valence-electron chi connectivity index (χ0n) is 11.9. The van der Waals surface area contributed by atoms with Gasteiger partial charge in [0.05, 0.1) is 11.4 Å². The molecule has 2 N–H and O–H groups in total. The van der Waals surface area contributed by atoms with E-state index in [1.807, 2.05) is 25.1 Å². The summed E-state index contributed by atoms with van der Waals surface area (Å²) in [5.74, 6) is 0. The highest BCUT2D eigenvalue weighted by molar-refractivity contribution is 7.93. The Morgan fingerprint density at radius 1 is 1.19 bits per heavy atom. The first kappa shape index (κ1) is 15.7. The van der Waals surface area contributed by atoms with Crippen molar-refractivity contribution >= 4 is 33.0 Å². The lowest BCUT2D eigenvalue weighted by molar-refractivity contribution is 0.592. The van der Waals surface area contributed by atoms with Crippen LogP contribution in [-0.4, -0.2) is 15.0 Å². The average molecular weight is 325 g/mol. The number of aryl methyl sites for hydroxylation is 1. The van der Waals surface area contributed by atoms with E-state index in [-0.39, 0.29) is 10.6 Å². The van der Waals surface area contributed by atoms with Crippen molar-refractivity contribution in [1.82, 2.24) is 0 Å². The molecule has 0 aliphatic rings. The third-order valence-electron chi connectivity index (χ3n) is 3.12. The Bertz CT molecular complexity index is 760. The van der Waals surface area contributed by atoms with Gasteiger partial charge in [0.2, 0.25) is 0 Å². The Hall–Kier alpha value is -1.72. The van der Waals surface area contributed by atoms with Crippen LogP contribution in [0.2, 0.25) is 5.02 Å². The van der Waals surface area contributed by atoms with E-state index in [1.165, 1.54) is 22.5 Å². The Morgan fingerprint density at radius 3 is 2.48 bits per heavy atom. The van der Waals surface area contributed by atoms with Crippen molar-refractivity contribution in [2.24, 2.45) is 0 Å². The molecule has 0 unspecified atom stereocenters. The zero-order valence-corrected chi connectivity index (χ0v) is 13.4. The highest BCUT2D eigenvalue weighted by Gasteiger charge is 2.25. The molecule has 0 saturated carbocycles. The lowest BCUT2D eigenvalue weighted by Gasteiger charge is -2.24. The van der Waals surface area contributed by atoms with Gasteiger partial charge in [-0.25, -0.2) is 8.42 Å². The predicted octanol–water partition coefficient (Wildman–Crippen LogP) is 3.45. The highest BCUT2D eigenvalue weighted by Crippen LogP contribution is 2.29. The standard InChI is InChI=1S/C15H17ClN2O2S/c1-3-18(13-6-4-5-11(2)9-13)21(19,20)15-8-7-12(16)10-14(15)17/h4-10H,3,17H2,1-2H3. The number of rotatable bonds is 4. The molecule has 6 heteroatoms. The van der Waals surface area contributed by atoms with Gasteiger partial charge in [-0.2, -0.15) is 0 Å². The van der Waals surface area contributed by atoms with E-state index >= 15 is 0 Å². The van der Waals surface area contributed by atoms with E-state index < -0.39 is 10.0 Å². The van der Waals surface area contributed by atoms with Crippen LogP contribution in [0.25, 0.3) is 0 Å². The van der Waals surface area contributed by atoms with Gasteiger partial charge in [-0.15, -0.1) is 0 Å². The molecule has 0 amide bonds. The van der Waals surface area contributed by atoms with E-state index in [0.29, 0.717) is 17.3 Å². The van der Waals surface area contributed by atoms with Crippen LogP contribution in [0.3, 0.4) is 0 Å². The van der Waals surface area contributed by atoms with E-state index in [2.05, 4.69) is 0 Å². The first-order valence-electron chi connectivity index (χ1n) is 6.50. The number of hydrogen-bond acceptors (Lipinski definition) is 3. The smallest absolute Gasteiger partial charge is 0.266 e. The second kappa shape index (κ2) is 5.95. The maximum atomic E-state index is 12.8. The predicted molar refractivity (Wildman–Crippen MR) is 87.2 cm³/mol. The molecule has 0 radical (unpaired) electrons. The van der Waals surface area contributed by atoms with Gasteiger partial charge in [-0.1, -0.05) is 23.7 Å². The molecule has 0 saturated heterocycles. The first-order chi connectivity index (χ1) is 9.86. The van der Waals surface area contributed by atoms with Gasteiger partial charge in [0.1, 0.15) is 4.90 Å². The van der Waals surface area contributed by atoms with Crippen LogP contribution in [0.1, 0.15) is 12.5 Å². The van der Waals surface area contributed by atoms with Crippen molar-refractivity contribution in [3.05, 3.63) is 53.1 Å². The molecule has 2 aromatic carbocycles. The molecular formula is C15H17ClN2O2S. The van der Waals surface area contributed by atoms with Gasteiger partial charge >= 0.3 is 0 Å². The molecule has 0 aliphatic heterocycles. The van der Waals surface area contributed by atoms with E-state index in [1.54, 1.807) is 13.0 Å². The number of sulfonamides is 1. The average Bonchev–Trinajstić information content (AvgIpc) is 2.38. The minimum absolute atomic E-state index is 0.0651. The molecule has 0 aromatic heterocycles. The maximum Gasteiger partial charge on any atom is 0.266 e. The number of nitrogen functional groups attached to an aromatic ring is 1. The van der Waals surface area contributed by atoms with Crippen molar-refractivity contribution in [1.29, 1.82) is 0 Å². The maximum absolute atomic E-state index is 12.8. The number of hydrogen-bond donors (Lipinski definition) is 1. The Morgan fingerprint density at radius 2 is 1.90 bits per heavy atom. The molecule has 112 valence electrons. The fraction of sp³-hybridized carbons (Fsp3) is 0.200. The van der Waals surface area contributed by atoms with Crippen molar-refractivity contribution in [2.45, 2.75) is 18.7 Å². The highest BCUT2D eigenvalue weighted by atomic mass is 35.5. The van der Waals surface area contributed by atoms with Crippen LogP contribution in [0.4, 0.5) is 11.4 Å². The molecule has 0 aliphatic carbocycles. The van der Waals surface area contributed by atoms with Crippen molar-refractivity contribution in [3.63, 3.8) is 0 Å². The molecule has 0 fully saturated rings. The summed E-state index contributed by atoms with van der Waals surface area (Å²) in [6.45, 7) is 4.01. The summed E-state index contributed by atoms with van der Waals surface area (Å²) < 4.78 is 27.0. The van der Waals surface area contributed by atoms with Crippen LogP contribution in [0.15, 0.2) is 47.4 Å². The molecule has 0 atom stereocenters. The molecule has 0 bridgehead atoms. The van der Waals surface area contributed by atoms with E-state index in [4.69, 9.17) is 17.3 Å². The number of nitrogens with zero attached hydrogens (tertiary/aromatic N) is 1. The number of anilines is 2. The monoisotopic (exact) mass is 324 g/mol. The second-order valence-corrected chi connectivity index (χ2v) is 6.96. The van der Waals surface area contributed by atoms with Crippen LogP contribution >= 0.6 is 11.6 Å². The lowest BCUT2D eigenvalue weighted by Crippen LogP contribution is -2.31. The number of benzene rings is 2. The van der Waals surface area contributed by atoms with Crippen LogP contribution in [0, 0.1) is 6.92 Å². The van der Waals surface area contributed by atoms with Crippen LogP contribution < -0.4 is 10.0 Å². The minimum Gasteiger partial charge on any atom is -0.398 e. The van der Waals surface area contributed by atoms with Gasteiger partial charge in [0.15, 0.2) is 0 Å². The van der Waals surface area contributed by atoms with Crippen LogP contribution in [-0.2, 0) is 10.0 Å². The number of nitrogens with two attached hydrogens (primary N) is 1. The van der Waals surface area contributed by atoms with Crippen molar-refractivity contribution in [2.75, 3.05) is 16.6 Å². The zero-order chi connectivity index (χ0) is 15.6. The third-order valence-corrected chi connectivity index (χ3v) is 5.33. The van der Waals surface area contributed by atoms with E-state index in [0.717, 1.165) is 5.56 Å². The fourth-order valence-corrected chi connectivity index (χ4v) is 3.89. The molecule has 0 heterocycles. The summed E-state index contributed by atoms with van der Waals surface area (Å²) >= 11 is 5.83. The van der Waals surface area contributed by atoms with Crippen molar-refractivity contribution < 1.29 is 8.42 Å². The van der Waals surface area contributed by atoms with Gasteiger partial charge in [-0.3, -0.25) is 4.31 Å². The SMILES string of the molecule is CCN(c1cccc(C)c1)S(=O)(=O)c1ccc(Cl)cc1N. The topological polar surface area (TPSA) is 63.4 Å². The van der Waals surface area contributed by atoms with Crippen molar-refractivity contribution in [3.8, 4) is 0 Å². The quantitative estimate of drug-likeness (QED) is 0.876. The second-order valence-electron chi connectivity index (χ2n) is 4.69. The molecule has 2 aromatic rings. The molecular weight excluding hydrogens is 308 g/mol. The van der Waals surface area contributed by atoms with E-state index in [9.17, 15) is 8.42 Å². The van der Waals surface area contributed by atoms with Crippen LogP contribution in [0.5, 0.6) is 0 Å². The molecule has 2 rings (SSSR count). The summed E-state index contributed by atoms with van der Waals surface area (Å²) in [7, 11) is -3.72. The summed E-state index contributed by atoms with van der Waals surface area (Å²) in [5, 5.41) is 0.407. The lowest BCUT2D eigenvalue weighted by atomic mass is 10.2. The van der Waals surface area contributed by atoms with Gasteiger partial charge in [0.25, 0.3) is 10.0 Å². The number of halogens is 1. The molecule has 21 heavy (non-hydrogen) atoms. The third kappa shape index (κ3) is 3.14. The Balaban J connectivity index is 2.54. The minimum atomic E-state index is -3.72. The Labute approximate surface area is 130 Å². The normalized spacial score (nSPS) is 11.4. The summed E-state index contributed by atoms with van der Waals surface area (Å²) in [6.07, 6.45) is 0. The van der Waals surface area contributed by atoms with Gasteiger partial charge < -0.3 is 5.73 Å². The molecule has 4 nitrogen and oxygen atoms in total. The molecule has 0 spiro atoms. The first-order valence-corrected chi connectivity index (χ1v) is 8.32. The van der Waals surface area contributed by atoms with Gasteiger partial charge in [-0.05, 0) is 49.7 Å². The summed E-state index contributed by atoms with van der Waals surface area (Å²) in [5.41, 5.74) is 7.57. The van der Waals surface area contributed by atoms with Gasteiger partial charge in [0, 0.05) is 11.6 Å². The summed E-state index contributed by atoms with van der Waals surface area (Å²) in [4.78, 5) is 0.0651. The summed E-state index contributed by atoms with van der Waals surface area (Å²) in [6, 6.07) is 11.7. The Kier molecular flexibility index (Phi) is 4.44.